The minimum absolute atomic E-state index is 0.0388. The lowest BCUT2D eigenvalue weighted by molar-refractivity contribution is 0.272. The summed E-state index contributed by atoms with van der Waals surface area (Å²) >= 11 is 0. The van der Waals surface area contributed by atoms with Crippen LogP contribution < -0.4 is 10.5 Å². The van der Waals surface area contributed by atoms with Gasteiger partial charge in [0.25, 0.3) is 0 Å². The van der Waals surface area contributed by atoms with Crippen LogP contribution in [0.3, 0.4) is 0 Å². The molecule has 0 aromatic heterocycles. The van der Waals surface area contributed by atoms with Gasteiger partial charge in [-0.25, -0.2) is 13.2 Å². The SMILES string of the molecule is Cc1ccc(F)cc1COc1c(F)cc(CN)cc1F. The van der Waals surface area contributed by atoms with Crippen LogP contribution >= 0.6 is 0 Å². The molecule has 0 aliphatic rings. The van der Waals surface area contributed by atoms with Crippen LogP contribution in [-0.2, 0) is 13.2 Å². The normalized spacial score (nSPS) is 10.7. The third kappa shape index (κ3) is 3.11. The maximum atomic E-state index is 13.7. The van der Waals surface area contributed by atoms with E-state index in [2.05, 4.69) is 0 Å². The van der Waals surface area contributed by atoms with E-state index >= 15 is 0 Å². The van der Waals surface area contributed by atoms with Gasteiger partial charge in [0.2, 0.25) is 0 Å². The molecule has 0 heterocycles. The largest absolute Gasteiger partial charge is 0.483 e. The zero-order valence-corrected chi connectivity index (χ0v) is 10.9. The van der Waals surface area contributed by atoms with E-state index in [0.29, 0.717) is 11.1 Å². The Hall–Kier alpha value is -2.01. The van der Waals surface area contributed by atoms with Crippen LogP contribution in [0.5, 0.6) is 5.75 Å². The maximum Gasteiger partial charge on any atom is 0.191 e. The van der Waals surface area contributed by atoms with E-state index in [1.807, 2.05) is 0 Å². The summed E-state index contributed by atoms with van der Waals surface area (Å²) in [7, 11) is 0. The number of hydrogen-bond donors (Lipinski definition) is 1. The second-order valence-corrected chi connectivity index (χ2v) is 4.45. The number of hydrogen-bond acceptors (Lipinski definition) is 2. The highest BCUT2D eigenvalue weighted by molar-refractivity contribution is 5.32. The fraction of sp³-hybridized carbons (Fsp3) is 0.200. The Labute approximate surface area is 115 Å². The summed E-state index contributed by atoms with van der Waals surface area (Å²) in [6.07, 6.45) is 0. The van der Waals surface area contributed by atoms with Crippen LogP contribution in [0.4, 0.5) is 13.2 Å². The van der Waals surface area contributed by atoms with Gasteiger partial charge < -0.3 is 10.5 Å². The van der Waals surface area contributed by atoms with Gasteiger partial charge in [0.05, 0.1) is 0 Å². The van der Waals surface area contributed by atoms with Crippen molar-refractivity contribution in [2.45, 2.75) is 20.1 Å². The molecule has 2 nitrogen and oxygen atoms in total. The van der Waals surface area contributed by atoms with Crippen molar-refractivity contribution < 1.29 is 17.9 Å². The Morgan fingerprint density at radius 3 is 2.30 bits per heavy atom. The lowest BCUT2D eigenvalue weighted by Gasteiger charge is -2.11. The van der Waals surface area contributed by atoms with E-state index in [-0.39, 0.29) is 13.2 Å². The monoisotopic (exact) mass is 281 g/mol. The first-order valence-corrected chi connectivity index (χ1v) is 6.07. The molecule has 0 amide bonds. The van der Waals surface area contributed by atoms with Gasteiger partial charge in [-0.3, -0.25) is 0 Å². The molecular formula is C15H14F3NO. The van der Waals surface area contributed by atoms with Crippen LogP contribution in [0.25, 0.3) is 0 Å². The molecule has 2 rings (SSSR count). The van der Waals surface area contributed by atoms with Gasteiger partial charge in [0.1, 0.15) is 12.4 Å². The van der Waals surface area contributed by atoms with Gasteiger partial charge in [-0.1, -0.05) is 6.07 Å². The number of halogens is 3. The third-order valence-corrected chi connectivity index (χ3v) is 2.98. The summed E-state index contributed by atoms with van der Waals surface area (Å²) in [4.78, 5) is 0. The Bertz CT molecular complexity index is 606. The highest BCUT2D eigenvalue weighted by atomic mass is 19.1. The molecule has 20 heavy (non-hydrogen) atoms. The molecule has 0 saturated carbocycles. The minimum Gasteiger partial charge on any atom is -0.483 e. The van der Waals surface area contributed by atoms with Crippen LogP contribution in [0.15, 0.2) is 30.3 Å². The second-order valence-electron chi connectivity index (χ2n) is 4.45. The summed E-state index contributed by atoms with van der Waals surface area (Å²) < 4.78 is 45.6. The zero-order chi connectivity index (χ0) is 14.7. The Kier molecular flexibility index (Phi) is 4.29. The van der Waals surface area contributed by atoms with Crippen molar-refractivity contribution in [2.24, 2.45) is 5.73 Å². The highest BCUT2D eigenvalue weighted by Gasteiger charge is 2.13. The standard InChI is InChI=1S/C15H14F3NO/c1-9-2-3-12(16)6-11(9)8-20-15-13(17)4-10(7-19)5-14(15)18/h2-6H,7-8,19H2,1H3. The van der Waals surface area contributed by atoms with Crippen LogP contribution in [-0.4, -0.2) is 0 Å². The molecule has 0 unspecified atom stereocenters. The average Bonchev–Trinajstić information content (AvgIpc) is 2.41. The summed E-state index contributed by atoms with van der Waals surface area (Å²) in [5, 5.41) is 0. The van der Waals surface area contributed by atoms with Crippen molar-refractivity contribution in [3.05, 3.63) is 64.5 Å². The molecule has 0 atom stereocenters. The first-order valence-electron chi connectivity index (χ1n) is 6.07. The van der Waals surface area contributed by atoms with E-state index in [0.717, 1.165) is 17.7 Å². The summed E-state index contributed by atoms with van der Waals surface area (Å²) in [6.45, 7) is 1.69. The predicted molar refractivity (Wildman–Crippen MR) is 69.7 cm³/mol. The minimum atomic E-state index is -0.820. The average molecular weight is 281 g/mol. The molecule has 2 aromatic carbocycles. The van der Waals surface area contributed by atoms with Crippen molar-refractivity contribution in [1.29, 1.82) is 0 Å². The van der Waals surface area contributed by atoms with Crippen LogP contribution in [0, 0.1) is 24.4 Å². The number of ether oxygens (including phenoxy) is 1. The van der Waals surface area contributed by atoms with Gasteiger partial charge in [0.15, 0.2) is 17.4 Å². The topological polar surface area (TPSA) is 35.2 Å². The zero-order valence-electron chi connectivity index (χ0n) is 10.9. The van der Waals surface area contributed by atoms with E-state index in [4.69, 9.17) is 10.5 Å². The van der Waals surface area contributed by atoms with Crippen molar-refractivity contribution in [1.82, 2.24) is 0 Å². The van der Waals surface area contributed by atoms with Crippen LogP contribution in [0.2, 0.25) is 0 Å². The van der Waals surface area contributed by atoms with E-state index in [1.165, 1.54) is 12.1 Å². The number of aryl methyl sites for hydroxylation is 1. The first-order chi connectivity index (χ1) is 9.51. The lowest BCUT2D eigenvalue weighted by atomic mass is 10.1. The van der Waals surface area contributed by atoms with Crippen LogP contribution in [0.1, 0.15) is 16.7 Å². The summed E-state index contributed by atoms with van der Waals surface area (Å²) in [5.41, 5.74) is 6.98. The Balaban J connectivity index is 2.21. The predicted octanol–water partition coefficient (Wildman–Crippen LogP) is 3.45. The highest BCUT2D eigenvalue weighted by Crippen LogP contribution is 2.24. The molecule has 0 bridgehead atoms. The summed E-state index contributed by atoms with van der Waals surface area (Å²) in [6, 6.07) is 6.42. The molecule has 0 aliphatic heterocycles. The van der Waals surface area contributed by atoms with Crippen molar-refractivity contribution in [3.8, 4) is 5.75 Å². The third-order valence-electron chi connectivity index (χ3n) is 2.98. The van der Waals surface area contributed by atoms with E-state index in [1.54, 1.807) is 13.0 Å². The maximum absolute atomic E-state index is 13.7. The molecule has 106 valence electrons. The van der Waals surface area contributed by atoms with Crippen molar-refractivity contribution in [2.75, 3.05) is 0 Å². The lowest BCUT2D eigenvalue weighted by Crippen LogP contribution is -2.04. The number of nitrogens with two attached hydrogens (primary N) is 1. The number of benzene rings is 2. The van der Waals surface area contributed by atoms with Gasteiger partial charge in [0, 0.05) is 6.54 Å². The molecule has 2 aromatic rings. The molecule has 2 N–H and O–H groups in total. The molecule has 0 saturated heterocycles. The second kappa shape index (κ2) is 5.96. The molecule has 5 heteroatoms. The van der Waals surface area contributed by atoms with Gasteiger partial charge in [-0.2, -0.15) is 0 Å². The molecule has 0 aliphatic carbocycles. The fourth-order valence-corrected chi connectivity index (χ4v) is 1.81. The summed E-state index contributed by atoms with van der Waals surface area (Å²) in [5.74, 6) is -2.54. The first kappa shape index (κ1) is 14.4. The van der Waals surface area contributed by atoms with Crippen molar-refractivity contribution >= 4 is 0 Å². The van der Waals surface area contributed by atoms with E-state index < -0.39 is 23.2 Å². The quantitative estimate of drug-likeness (QED) is 0.931. The number of rotatable bonds is 4. The van der Waals surface area contributed by atoms with Crippen molar-refractivity contribution in [3.63, 3.8) is 0 Å². The molecular weight excluding hydrogens is 267 g/mol. The molecule has 0 radical (unpaired) electrons. The van der Waals surface area contributed by atoms with Gasteiger partial charge >= 0.3 is 0 Å². The van der Waals surface area contributed by atoms with Gasteiger partial charge in [-0.15, -0.1) is 0 Å². The Morgan fingerprint density at radius 1 is 1.05 bits per heavy atom. The van der Waals surface area contributed by atoms with E-state index in [9.17, 15) is 13.2 Å². The Morgan fingerprint density at radius 2 is 1.70 bits per heavy atom. The molecule has 0 fully saturated rings. The molecule has 0 spiro atoms. The fourth-order valence-electron chi connectivity index (χ4n) is 1.81. The van der Waals surface area contributed by atoms with Gasteiger partial charge in [-0.05, 0) is 47.9 Å². The smallest absolute Gasteiger partial charge is 0.191 e.